The van der Waals surface area contributed by atoms with Crippen molar-refractivity contribution < 1.29 is 4.74 Å². The molecular weight excluding hydrogens is 344 g/mol. The second-order valence-corrected chi connectivity index (χ2v) is 8.33. The Morgan fingerprint density at radius 2 is 1.50 bits per heavy atom. The summed E-state index contributed by atoms with van der Waals surface area (Å²) in [6, 6.07) is 20.2. The van der Waals surface area contributed by atoms with Gasteiger partial charge in [-0.2, -0.15) is 0 Å². The molecule has 2 aromatic carbocycles. The molecule has 3 heteroatoms. The lowest BCUT2D eigenvalue weighted by molar-refractivity contribution is 0.122. The summed E-state index contributed by atoms with van der Waals surface area (Å²) in [5, 5.41) is 0. The Hall–Kier alpha value is -1.84. The van der Waals surface area contributed by atoms with E-state index in [9.17, 15) is 0 Å². The minimum absolute atomic E-state index is 0.776. The van der Waals surface area contributed by atoms with Crippen LogP contribution in [0.4, 0.5) is 0 Å². The van der Waals surface area contributed by atoms with Crippen LogP contribution in [0.1, 0.15) is 43.2 Å². The lowest BCUT2D eigenvalue weighted by Crippen LogP contribution is -2.43. The van der Waals surface area contributed by atoms with Crippen LogP contribution in [-0.4, -0.2) is 48.6 Å². The predicted octanol–water partition coefficient (Wildman–Crippen LogP) is 4.76. The van der Waals surface area contributed by atoms with Gasteiger partial charge in [-0.1, -0.05) is 42.5 Å². The van der Waals surface area contributed by atoms with Crippen molar-refractivity contribution in [1.29, 1.82) is 0 Å². The Kier molecular flexibility index (Phi) is 7.01. The van der Waals surface area contributed by atoms with Gasteiger partial charge in [-0.15, -0.1) is 0 Å². The zero-order valence-electron chi connectivity index (χ0n) is 17.1. The summed E-state index contributed by atoms with van der Waals surface area (Å²) in [5.41, 5.74) is 2.78. The second kappa shape index (κ2) is 10.1. The highest BCUT2D eigenvalue weighted by Crippen LogP contribution is 2.22. The average Bonchev–Trinajstić information content (AvgIpc) is 3.29. The van der Waals surface area contributed by atoms with Crippen LogP contribution in [0.2, 0.25) is 0 Å². The van der Waals surface area contributed by atoms with E-state index in [4.69, 9.17) is 4.74 Å². The number of nitrogens with zero attached hydrogens (tertiary/aromatic N) is 2. The van der Waals surface area contributed by atoms with E-state index < -0.39 is 0 Å². The van der Waals surface area contributed by atoms with Crippen LogP contribution in [0, 0.1) is 0 Å². The molecule has 0 N–H and O–H groups in total. The van der Waals surface area contributed by atoms with Crippen molar-refractivity contribution in [2.45, 2.75) is 51.1 Å². The highest BCUT2D eigenvalue weighted by Gasteiger charge is 2.26. The van der Waals surface area contributed by atoms with Crippen molar-refractivity contribution in [2.24, 2.45) is 0 Å². The van der Waals surface area contributed by atoms with Crippen molar-refractivity contribution in [3.63, 3.8) is 0 Å². The summed E-state index contributed by atoms with van der Waals surface area (Å²) in [7, 11) is 0. The van der Waals surface area contributed by atoms with Gasteiger partial charge in [0.15, 0.2) is 0 Å². The first-order chi connectivity index (χ1) is 13.9. The molecule has 0 aromatic heterocycles. The van der Waals surface area contributed by atoms with E-state index in [2.05, 4.69) is 64.4 Å². The van der Waals surface area contributed by atoms with Crippen LogP contribution in [0.3, 0.4) is 0 Å². The molecule has 0 aliphatic carbocycles. The fraction of sp³-hybridized carbons (Fsp3) is 0.520. The van der Waals surface area contributed by atoms with E-state index >= 15 is 0 Å². The van der Waals surface area contributed by atoms with E-state index in [1.807, 2.05) is 0 Å². The van der Waals surface area contributed by atoms with Gasteiger partial charge in [0.25, 0.3) is 0 Å². The molecule has 150 valence electrons. The monoisotopic (exact) mass is 378 g/mol. The number of aryl methyl sites for hydroxylation is 1. The highest BCUT2D eigenvalue weighted by atomic mass is 16.5. The van der Waals surface area contributed by atoms with E-state index in [1.165, 1.54) is 63.0 Å². The van der Waals surface area contributed by atoms with Gasteiger partial charge in [0, 0.05) is 12.6 Å². The van der Waals surface area contributed by atoms with Crippen LogP contribution < -0.4 is 4.74 Å². The van der Waals surface area contributed by atoms with Gasteiger partial charge in [0.1, 0.15) is 5.75 Å². The number of ether oxygens (including phenoxy) is 1. The molecule has 0 saturated carbocycles. The maximum atomic E-state index is 5.92. The van der Waals surface area contributed by atoms with Crippen molar-refractivity contribution in [3.05, 3.63) is 65.7 Å². The maximum Gasteiger partial charge on any atom is 0.119 e. The maximum absolute atomic E-state index is 5.92. The minimum atomic E-state index is 0.776. The largest absolute Gasteiger partial charge is 0.494 e. The average molecular weight is 379 g/mol. The molecule has 2 saturated heterocycles. The van der Waals surface area contributed by atoms with Gasteiger partial charge < -0.3 is 9.64 Å². The van der Waals surface area contributed by atoms with Crippen LogP contribution in [0.25, 0.3) is 0 Å². The molecule has 2 aromatic rings. The summed E-state index contributed by atoms with van der Waals surface area (Å²) < 4.78 is 5.92. The van der Waals surface area contributed by atoms with Crippen LogP contribution in [0.5, 0.6) is 5.75 Å². The number of benzene rings is 2. The topological polar surface area (TPSA) is 15.7 Å². The third kappa shape index (κ3) is 5.59. The molecule has 0 amide bonds. The SMILES string of the molecule is c1ccc(CCCOc2ccc(CN3CCC(N4CCCC4)CC3)cc2)cc1. The van der Waals surface area contributed by atoms with Crippen molar-refractivity contribution in [3.8, 4) is 5.75 Å². The van der Waals surface area contributed by atoms with Gasteiger partial charge in [0.05, 0.1) is 6.61 Å². The Bertz CT molecular complexity index is 686. The quantitative estimate of drug-likeness (QED) is 0.616. The number of hydrogen-bond donors (Lipinski definition) is 0. The molecule has 4 rings (SSSR count). The number of piperidine rings is 1. The van der Waals surface area contributed by atoms with Crippen LogP contribution in [0.15, 0.2) is 54.6 Å². The van der Waals surface area contributed by atoms with Crippen molar-refractivity contribution in [1.82, 2.24) is 9.80 Å². The first kappa shape index (κ1) is 19.5. The molecule has 0 bridgehead atoms. The molecule has 0 unspecified atom stereocenters. The Morgan fingerprint density at radius 1 is 0.786 bits per heavy atom. The highest BCUT2D eigenvalue weighted by molar-refractivity contribution is 5.27. The standard InChI is InChI=1S/C25H34N2O/c1-2-7-22(8-3-1)9-6-20-28-25-12-10-23(11-13-25)21-26-18-14-24(15-19-26)27-16-4-5-17-27/h1-3,7-8,10-13,24H,4-6,9,14-21H2. The summed E-state index contributed by atoms with van der Waals surface area (Å²) in [4.78, 5) is 5.34. The normalized spacial score (nSPS) is 19.1. The summed E-state index contributed by atoms with van der Waals surface area (Å²) in [6.07, 6.45) is 7.61. The van der Waals surface area contributed by atoms with Gasteiger partial charge >= 0.3 is 0 Å². The third-order valence-corrected chi connectivity index (χ3v) is 6.27. The molecule has 0 radical (unpaired) electrons. The smallest absolute Gasteiger partial charge is 0.119 e. The molecule has 0 spiro atoms. The lowest BCUT2D eigenvalue weighted by atomic mass is 10.0. The zero-order valence-corrected chi connectivity index (χ0v) is 17.1. The van der Waals surface area contributed by atoms with Crippen LogP contribution in [-0.2, 0) is 13.0 Å². The Labute approximate surface area is 170 Å². The molecule has 2 aliphatic rings. The zero-order chi connectivity index (χ0) is 19.0. The summed E-state index contributed by atoms with van der Waals surface area (Å²) >= 11 is 0. The first-order valence-electron chi connectivity index (χ1n) is 11.1. The van der Waals surface area contributed by atoms with Gasteiger partial charge in [0.2, 0.25) is 0 Å². The minimum Gasteiger partial charge on any atom is -0.494 e. The fourth-order valence-corrected chi connectivity index (χ4v) is 4.61. The Morgan fingerprint density at radius 3 is 2.21 bits per heavy atom. The van der Waals surface area contributed by atoms with E-state index in [-0.39, 0.29) is 0 Å². The molecule has 0 atom stereocenters. The first-order valence-corrected chi connectivity index (χ1v) is 11.1. The van der Waals surface area contributed by atoms with Gasteiger partial charge in [-0.25, -0.2) is 0 Å². The second-order valence-electron chi connectivity index (χ2n) is 8.33. The summed E-state index contributed by atoms with van der Waals surface area (Å²) in [5.74, 6) is 0.990. The molecule has 2 fully saturated rings. The molecule has 3 nitrogen and oxygen atoms in total. The van der Waals surface area contributed by atoms with E-state index in [0.29, 0.717) is 0 Å². The molecule has 2 heterocycles. The molecule has 28 heavy (non-hydrogen) atoms. The number of hydrogen-bond acceptors (Lipinski definition) is 3. The van der Waals surface area contributed by atoms with Gasteiger partial charge in [-0.3, -0.25) is 4.90 Å². The summed E-state index contributed by atoms with van der Waals surface area (Å²) in [6.45, 7) is 6.98. The van der Waals surface area contributed by atoms with Crippen molar-refractivity contribution in [2.75, 3.05) is 32.8 Å². The van der Waals surface area contributed by atoms with E-state index in [1.54, 1.807) is 0 Å². The molecular formula is C25H34N2O. The van der Waals surface area contributed by atoms with Crippen LogP contribution >= 0.6 is 0 Å². The fourth-order valence-electron chi connectivity index (χ4n) is 4.61. The lowest BCUT2D eigenvalue weighted by Gasteiger charge is -2.36. The van der Waals surface area contributed by atoms with Crippen molar-refractivity contribution >= 4 is 0 Å². The van der Waals surface area contributed by atoms with Gasteiger partial charge in [-0.05, 0) is 88.0 Å². The Balaban J connectivity index is 1.15. The third-order valence-electron chi connectivity index (χ3n) is 6.27. The van der Waals surface area contributed by atoms with E-state index in [0.717, 1.165) is 37.8 Å². The molecule has 2 aliphatic heterocycles. The number of likely N-dealkylation sites (tertiary alicyclic amines) is 2. The number of rotatable bonds is 8. The predicted molar refractivity (Wildman–Crippen MR) is 116 cm³/mol.